The van der Waals surface area contributed by atoms with Gasteiger partial charge in [-0.3, -0.25) is 10.1 Å². The summed E-state index contributed by atoms with van der Waals surface area (Å²) in [5.74, 6) is 0.751. The summed E-state index contributed by atoms with van der Waals surface area (Å²) in [5, 5.41) is 14.2. The molecular weight excluding hydrogens is 332 g/mol. The Morgan fingerprint density at radius 3 is 2.54 bits per heavy atom. The molecule has 0 bridgehead atoms. The van der Waals surface area contributed by atoms with Crippen molar-refractivity contribution in [1.29, 1.82) is 0 Å². The number of nitro groups is 1. The fourth-order valence-electron chi connectivity index (χ4n) is 2.28. The zero-order valence-corrected chi connectivity index (χ0v) is 14.2. The van der Waals surface area contributed by atoms with Crippen molar-refractivity contribution < 1.29 is 18.1 Å². The number of nitrogens with zero attached hydrogens (tertiary/aromatic N) is 1. The Labute approximate surface area is 140 Å². The maximum Gasteiger partial charge on any atom is 0.293 e. The van der Waals surface area contributed by atoms with Crippen LogP contribution in [0, 0.1) is 10.1 Å². The highest BCUT2D eigenvalue weighted by Crippen LogP contribution is 2.28. The first-order valence-electron chi connectivity index (χ1n) is 7.17. The minimum absolute atomic E-state index is 0.0792. The fraction of sp³-hybridized carbons (Fsp3) is 0.250. The van der Waals surface area contributed by atoms with Gasteiger partial charge in [0.1, 0.15) is 11.4 Å². The Hall–Kier alpha value is -2.61. The molecule has 24 heavy (non-hydrogen) atoms. The van der Waals surface area contributed by atoms with Gasteiger partial charge >= 0.3 is 0 Å². The summed E-state index contributed by atoms with van der Waals surface area (Å²) in [6.07, 6.45) is 1.62. The highest BCUT2D eigenvalue weighted by Gasteiger charge is 2.18. The van der Waals surface area contributed by atoms with Crippen molar-refractivity contribution in [2.24, 2.45) is 0 Å². The zero-order chi connectivity index (χ0) is 17.7. The van der Waals surface area contributed by atoms with Crippen LogP contribution in [0.4, 0.5) is 11.4 Å². The van der Waals surface area contributed by atoms with E-state index in [0.29, 0.717) is 13.0 Å². The molecule has 0 unspecified atom stereocenters. The molecule has 2 aromatic carbocycles. The SMILES string of the molecule is COc1ccccc1CCNc1ccc(S(C)(=O)=O)cc1[N+](=O)[O-]. The first-order valence-corrected chi connectivity index (χ1v) is 9.06. The van der Waals surface area contributed by atoms with Crippen molar-refractivity contribution >= 4 is 21.2 Å². The monoisotopic (exact) mass is 350 g/mol. The Balaban J connectivity index is 2.16. The Morgan fingerprint density at radius 2 is 1.92 bits per heavy atom. The molecule has 0 spiro atoms. The quantitative estimate of drug-likeness (QED) is 0.609. The molecule has 0 aliphatic carbocycles. The van der Waals surface area contributed by atoms with E-state index >= 15 is 0 Å². The lowest BCUT2D eigenvalue weighted by Gasteiger charge is -2.10. The number of hydrogen-bond donors (Lipinski definition) is 1. The van der Waals surface area contributed by atoms with Crippen LogP contribution in [-0.2, 0) is 16.3 Å². The van der Waals surface area contributed by atoms with Crippen molar-refractivity contribution in [3.05, 3.63) is 58.1 Å². The minimum atomic E-state index is -3.50. The van der Waals surface area contributed by atoms with Gasteiger partial charge < -0.3 is 10.1 Å². The molecule has 0 aromatic heterocycles. The number of nitro benzene ring substituents is 1. The van der Waals surface area contributed by atoms with E-state index in [0.717, 1.165) is 23.6 Å². The molecule has 0 aliphatic rings. The number of sulfone groups is 1. The number of ether oxygens (including phenoxy) is 1. The average molecular weight is 350 g/mol. The van der Waals surface area contributed by atoms with E-state index in [1.807, 2.05) is 24.3 Å². The van der Waals surface area contributed by atoms with Crippen LogP contribution in [0.2, 0.25) is 0 Å². The van der Waals surface area contributed by atoms with Gasteiger partial charge in [0.25, 0.3) is 5.69 Å². The zero-order valence-electron chi connectivity index (χ0n) is 13.4. The summed E-state index contributed by atoms with van der Waals surface area (Å²) in [5.41, 5.74) is 0.989. The van der Waals surface area contributed by atoms with E-state index in [4.69, 9.17) is 4.74 Å². The molecule has 128 valence electrons. The third kappa shape index (κ3) is 4.23. The van der Waals surface area contributed by atoms with Gasteiger partial charge in [0.05, 0.1) is 16.9 Å². The molecule has 8 heteroatoms. The second-order valence-corrected chi connectivity index (χ2v) is 7.21. The molecular formula is C16H18N2O5S. The van der Waals surface area contributed by atoms with Gasteiger partial charge in [-0.25, -0.2) is 8.42 Å². The predicted molar refractivity (Wildman–Crippen MR) is 91.4 cm³/mol. The summed E-state index contributed by atoms with van der Waals surface area (Å²) in [6, 6.07) is 11.4. The number of rotatable bonds is 7. The molecule has 0 aliphatic heterocycles. The molecule has 0 amide bonds. The Morgan fingerprint density at radius 1 is 1.21 bits per heavy atom. The number of benzene rings is 2. The first kappa shape index (κ1) is 17.7. The number of para-hydroxylation sites is 1. The van der Waals surface area contributed by atoms with Crippen LogP contribution >= 0.6 is 0 Å². The maximum atomic E-state index is 11.5. The molecule has 2 rings (SSSR count). The van der Waals surface area contributed by atoms with Crippen LogP contribution in [0.5, 0.6) is 5.75 Å². The smallest absolute Gasteiger partial charge is 0.293 e. The van der Waals surface area contributed by atoms with Crippen LogP contribution < -0.4 is 10.1 Å². The standard InChI is InChI=1S/C16H18N2O5S/c1-23-16-6-4-3-5-12(16)9-10-17-14-8-7-13(24(2,21)22)11-15(14)18(19)20/h3-8,11,17H,9-10H2,1-2H3. The van der Waals surface area contributed by atoms with E-state index in [2.05, 4.69) is 5.32 Å². The van der Waals surface area contributed by atoms with Crippen LogP contribution in [0.3, 0.4) is 0 Å². The molecule has 2 aromatic rings. The van der Waals surface area contributed by atoms with Gasteiger partial charge in [-0.1, -0.05) is 18.2 Å². The lowest BCUT2D eigenvalue weighted by atomic mass is 10.1. The summed E-state index contributed by atoms with van der Waals surface area (Å²) in [6.45, 7) is 0.444. The second kappa shape index (κ2) is 7.31. The second-order valence-electron chi connectivity index (χ2n) is 5.20. The van der Waals surface area contributed by atoms with Gasteiger partial charge in [-0.2, -0.15) is 0 Å². The topological polar surface area (TPSA) is 98.5 Å². The van der Waals surface area contributed by atoms with Gasteiger partial charge in [0.15, 0.2) is 9.84 Å². The molecule has 1 N–H and O–H groups in total. The average Bonchev–Trinajstić information content (AvgIpc) is 2.54. The van der Waals surface area contributed by atoms with Crippen LogP contribution in [0.25, 0.3) is 0 Å². The summed E-state index contributed by atoms with van der Waals surface area (Å²) in [4.78, 5) is 10.5. The molecule has 0 radical (unpaired) electrons. The van der Waals surface area contributed by atoms with Crippen molar-refractivity contribution in [3.63, 3.8) is 0 Å². The Kier molecular flexibility index (Phi) is 5.40. The van der Waals surface area contributed by atoms with Gasteiger partial charge in [0.2, 0.25) is 0 Å². The lowest BCUT2D eigenvalue weighted by molar-refractivity contribution is -0.384. The summed E-state index contributed by atoms with van der Waals surface area (Å²) < 4.78 is 28.3. The first-order chi connectivity index (χ1) is 11.3. The normalized spacial score (nSPS) is 11.1. The van der Waals surface area contributed by atoms with Crippen LogP contribution in [0.15, 0.2) is 47.4 Å². The number of anilines is 1. The summed E-state index contributed by atoms with van der Waals surface area (Å²) >= 11 is 0. The van der Waals surface area contributed by atoms with E-state index < -0.39 is 14.8 Å². The molecule has 0 heterocycles. The van der Waals surface area contributed by atoms with Crippen molar-refractivity contribution in [2.75, 3.05) is 25.2 Å². The van der Waals surface area contributed by atoms with Crippen LogP contribution in [-0.4, -0.2) is 33.3 Å². The van der Waals surface area contributed by atoms with Gasteiger partial charge in [-0.15, -0.1) is 0 Å². The maximum absolute atomic E-state index is 11.5. The fourth-order valence-corrected chi connectivity index (χ4v) is 2.92. The summed E-state index contributed by atoms with van der Waals surface area (Å²) in [7, 11) is -1.91. The molecule has 0 saturated carbocycles. The third-order valence-electron chi connectivity index (χ3n) is 3.50. The molecule has 7 nitrogen and oxygen atoms in total. The van der Waals surface area contributed by atoms with Crippen LogP contribution in [0.1, 0.15) is 5.56 Å². The van der Waals surface area contributed by atoms with Crippen molar-refractivity contribution in [2.45, 2.75) is 11.3 Å². The largest absolute Gasteiger partial charge is 0.496 e. The number of hydrogen-bond acceptors (Lipinski definition) is 6. The molecule has 0 saturated heterocycles. The highest BCUT2D eigenvalue weighted by molar-refractivity contribution is 7.90. The predicted octanol–water partition coefficient (Wildman–Crippen LogP) is 2.66. The Bertz CT molecular complexity index is 849. The lowest BCUT2D eigenvalue weighted by Crippen LogP contribution is -2.08. The van der Waals surface area contributed by atoms with E-state index in [-0.39, 0.29) is 16.3 Å². The number of methoxy groups -OCH3 is 1. The van der Waals surface area contributed by atoms with Gasteiger partial charge in [-0.05, 0) is 30.2 Å². The third-order valence-corrected chi connectivity index (χ3v) is 4.61. The van der Waals surface area contributed by atoms with Crippen molar-refractivity contribution in [1.82, 2.24) is 0 Å². The molecule has 0 fully saturated rings. The highest BCUT2D eigenvalue weighted by atomic mass is 32.2. The minimum Gasteiger partial charge on any atom is -0.496 e. The van der Waals surface area contributed by atoms with E-state index in [1.54, 1.807) is 7.11 Å². The molecule has 0 atom stereocenters. The number of nitrogens with one attached hydrogen (secondary N) is 1. The van der Waals surface area contributed by atoms with E-state index in [1.165, 1.54) is 12.1 Å². The van der Waals surface area contributed by atoms with Gasteiger partial charge in [0, 0.05) is 18.9 Å². The van der Waals surface area contributed by atoms with E-state index in [9.17, 15) is 18.5 Å². The van der Waals surface area contributed by atoms with Crippen molar-refractivity contribution in [3.8, 4) is 5.75 Å².